The molecule has 3 aromatic carbocycles. The van der Waals surface area contributed by atoms with E-state index in [1.165, 1.54) is 0 Å². The molecule has 234 valence electrons. The molecule has 2 bridgehead atoms. The van der Waals surface area contributed by atoms with Crippen LogP contribution in [0.25, 0.3) is 32.8 Å². The average Bonchev–Trinajstić information content (AvgIpc) is 3.67. The molecule has 4 saturated heterocycles. The molecule has 0 saturated carbocycles. The molecule has 0 aliphatic carbocycles. The van der Waals surface area contributed by atoms with Crippen molar-refractivity contribution in [1.82, 2.24) is 20.2 Å². The summed E-state index contributed by atoms with van der Waals surface area (Å²) in [6.07, 6.45) is 4.28. The first kappa shape index (κ1) is 27.5. The molecule has 4 fully saturated rings. The molecule has 0 spiro atoms. The number of halogens is 2. The van der Waals surface area contributed by atoms with Crippen LogP contribution >= 0.6 is 0 Å². The summed E-state index contributed by atoms with van der Waals surface area (Å²) in [6, 6.07) is 11.7. The number of fused-ring (bicyclic) bond motifs is 7. The van der Waals surface area contributed by atoms with E-state index >= 15 is 4.39 Å². The van der Waals surface area contributed by atoms with E-state index in [9.17, 15) is 9.50 Å². The van der Waals surface area contributed by atoms with Crippen LogP contribution in [0.5, 0.6) is 17.5 Å². The van der Waals surface area contributed by atoms with E-state index in [1.54, 1.807) is 18.2 Å². The van der Waals surface area contributed by atoms with Crippen LogP contribution in [0, 0.1) is 5.82 Å². The number of aromatic nitrogens is 2. The molecule has 2 N–H and O–H groups in total. The highest BCUT2D eigenvalue weighted by Gasteiger charge is 2.50. The van der Waals surface area contributed by atoms with Crippen molar-refractivity contribution < 1.29 is 23.4 Å². The van der Waals surface area contributed by atoms with Crippen LogP contribution < -0.4 is 19.7 Å². The molecule has 6 heterocycles. The highest BCUT2D eigenvalue weighted by Crippen LogP contribution is 2.47. The van der Waals surface area contributed by atoms with E-state index in [0.717, 1.165) is 61.5 Å². The van der Waals surface area contributed by atoms with E-state index in [4.69, 9.17) is 19.4 Å². The van der Waals surface area contributed by atoms with Crippen LogP contribution in [0.1, 0.15) is 44.6 Å². The smallest absolute Gasteiger partial charge is 0.319 e. The van der Waals surface area contributed by atoms with Gasteiger partial charge in [-0.05, 0) is 78.7 Å². The average molecular weight is 614 g/mol. The summed E-state index contributed by atoms with van der Waals surface area (Å²) in [5.41, 5.74) is 1.71. The Hall–Kier alpha value is -3.76. The molecule has 5 aliphatic heterocycles. The molecule has 4 aromatic rings. The van der Waals surface area contributed by atoms with Crippen molar-refractivity contribution in [1.29, 1.82) is 0 Å². The Morgan fingerprint density at radius 2 is 2.04 bits per heavy atom. The molecular formula is C35H37F2N5O3. The number of ether oxygens (including phenoxy) is 2. The second-order valence-electron chi connectivity index (χ2n) is 13.6. The lowest BCUT2D eigenvalue weighted by atomic mass is 9.92. The van der Waals surface area contributed by atoms with E-state index in [1.807, 2.05) is 18.2 Å². The molecule has 0 radical (unpaired) electrons. The second kappa shape index (κ2) is 10.1. The van der Waals surface area contributed by atoms with Gasteiger partial charge >= 0.3 is 6.01 Å². The minimum atomic E-state index is -0.877. The van der Waals surface area contributed by atoms with Crippen LogP contribution in [0.2, 0.25) is 0 Å². The number of alkyl halides is 1. The second-order valence-corrected chi connectivity index (χ2v) is 13.6. The van der Waals surface area contributed by atoms with Crippen LogP contribution in [-0.4, -0.2) is 82.7 Å². The van der Waals surface area contributed by atoms with Crippen molar-refractivity contribution in [3.8, 4) is 28.6 Å². The third kappa shape index (κ3) is 4.21. The number of nitrogens with one attached hydrogen (secondary N) is 1. The maximum Gasteiger partial charge on any atom is 0.319 e. The Kier molecular flexibility index (Phi) is 6.20. The first-order chi connectivity index (χ1) is 21.9. The Balaban J connectivity index is 1.24. The number of phenolic OH excluding ortho intramolecular Hbond substituents is 1. The monoisotopic (exact) mass is 613 g/mol. The standard InChI is InChI=1S/C35H37F2N5O3/c1-2-19-5-3-6-20-11-23(43)12-24(29(19)20)25-13-28-30-32(31(25)37)39-34(45-18-35-9-4-10-41(35)15-21(36)14-35)40-33(30)42-16-22-7-8-26(38-22)27(42)17-44-28/h3,5-6,11-13,21-22,26-27,38,43H,2,4,7-10,14-18H2,1H3/t21-,22+,26-,27-,35+/m0/s1. The predicted octanol–water partition coefficient (Wildman–Crippen LogP) is 5.51. The Labute approximate surface area is 260 Å². The number of rotatable bonds is 5. The van der Waals surface area contributed by atoms with Crippen molar-refractivity contribution in [2.45, 2.75) is 75.3 Å². The quantitative estimate of drug-likeness (QED) is 0.305. The van der Waals surface area contributed by atoms with Gasteiger partial charge in [0.1, 0.15) is 42.2 Å². The van der Waals surface area contributed by atoms with E-state index in [2.05, 4.69) is 22.0 Å². The normalized spacial score (nSPS) is 28.7. The molecule has 5 atom stereocenters. The van der Waals surface area contributed by atoms with Gasteiger partial charge in [-0.2, -0.15) is 9.97 Å². The minimum Gasteiger partial charge on any atom is -0.508 e. The first-order valence-corrected chi connectivity index (χ1v) is 16.4. The largest absolute Gasteiger partial charge is 0.508 e. The fourth-order valence-corrected chi connectivity index (χ4v) is 8.95. The number of anilines is 1. The SMILES string of the molecule is CCc1cccc2cc(O)cc(-c3cc4c5c(nc(OC[C@]67CCCN6C[C@@H](F)C7)nc5c3F)N3C[C@H]5CC[C@H](N5)[C@@H]3CO4)c12. The summed E-state index contributed by atoms with van der Waals surface area (Å²) < 4.78 is 44.5. The zero-order chi connectivity index (χ0) is 30.4. The van der Waals surface area contributed by atoms with Crippen molar-refractivity contribution >= 4 is 27.5 Å². The number of benzene rings is 3. The van der Waals surface area contributed by atoms with Crippen molar-refractivity contribution in [2.75, 3.05) is 37.7 Å². The Bertz CT molecular complexity index is 1850. The molecule has 45 heavy (non-hydrogen) atoms. The first-order valence-electron chi connectivity index (χ1n) is 16.4. The minimum absolute atomic E-state index is 0.0213. The summed E-state index contributed by atoms with van der Waals surface area (Å²) in [6.45, 7) is 4.77. The van der Waals surface area contributed by atoms with Gasteiger partial charge in [0.15, 0.2) is 5.82 Å². The summed E-state index contributed by atoms with van der Waals surface area (Å²) in [5.74, 6) is 0.703. The summed E-state index contributed by atoms with van der Waals surface area (Å²) in [4.78, 5) is 14.1. The van der Waals surface area contributed by atoms with Crippen molar-refractivity contribution in [3.05, 3.63) is 47.8 Å². The maximum absolute atomic E-state index is 17.1. The van der Waals surface area contributed by atoms with Gasteiger partial charge in [-0.15, -0.1) is 0 Å². The Morgan fingerprint density at radius 3 is 2.93 bits per heavy atom. The third-order valence-electron chi connectivity index (χ3n) is 11.0. The summed E-state index contributed by atoms with van der Waals surface area (Å²) >= 11 is 0. The fraction of sp³-hybridized carbons (Fsp3) is 0.486. The van der Waals surface area contributed by atoms with Crippen molar-refractivity contribution in [2.24, 2.45) is 0 Å². The number of aromatic hydroxyl groups is 1. The Morgan fingerprint density at radius 1 is 1.13 bits per heavy atom. The topological polar surface area (TPSA) is 83.0 Å². The van der Waals surface area contributed by atoms with E-state index in [0.29, 0.717) is 53.7 Å². The molecular weight excluding hydrogens is 576 g/mol. The number of hydrogen-bond acceptors (Lipinski definition) is 8. The predicted molar refractivity (Wildman–Crippen MR) is 169 cm³/mol. The molecule has 10 heteroatoms. The highest BCUT2D eigenvalue weighted by atomic mass is 19.1. The lowest BCUT2D eigenvalue weighted by molar-refractivity contribution is 0.107. The number of nitrogens with zero attached hydrogens (tertiary/aromatic N) is 4. The van der Waals surface area contributed by atoms with Gasteiger partial charge in [0.25, 0.3) is 0 Å². The number of phenols is 1. The van der Waals surface area contributed by atoms with Crippen LogP contribution in [0.15, 0.2) is 36.4 Å². The lowest BCUT2D eigenvalue weighted by Gasteiger charge is -2.40. The fourth-order valence-electron chi connectivity index (χ4n) is 8.95. The lowest BCUT2D eigenvalue weighted by Crippen LogP contribution is -2.60. The van der Waals surface area contributed by atoms with Crippen LogP contribution in [0.4, 0.5) is 14.6 Å². The molecule has 1 aromatic heterocycles. The molecule has 8 nitrogen and oxygen atoms in total. The highest BCUT2D eigenvalue weighted by molar-refractivity contribution is 6.05. The molecule has 9 rings (SSSR count). The molecule has 5 aliphatic rings. The van der Waals surface area contributed by atoms with E-state index < -0.39 is 12.0 Å². The van der Waals surface area contributed by atoms with Gasteiger partial charge in [-0.1, -0.05) is 25.1 Å². The van der Waals surface area contributed by atoms with Gasteiger partial charge in [-0.3, -0.25) is 4.90 Å². The maximum atomic E-state index is 17.1. The zero-order valence-corrected chi connectivity index (χ0v) is 25.4. The molecule has 0 unspecified atom stereocenters. The number of hydrogen-bond donors (Lipinski definition) is 2. The van der Waals surface area contributed by atoms with Gasteiger partial charge in [0, 0.05) is 37.2 Å². The summed E-state index contributed by atoms with van der Waals surface area (Å²) in [7, 11) is 0. The number of piperazine rings is 1. The molecule has 0 amide bonds. The number of aryl methyl sites for hydroxylation is 1. The summed E-state index contributed by atoms with van der Waals surface area (Å²) in [5, 5.41) is 16.7. The van der Waals surface area contributed by atoms with Crippen molar-refractivity contribution in [3.63, 3.8) is 0 Å². The van der Waals surface area contributed by atoms with Crippen LogP contribution in [0.3, 0.4) is 0 Å². The van der Waals surface area contributed by atoms with Gasteiger partial charge in [0.05, 0.1) is 17.0 Å². The third-order valence-corrected chi connectivity index (χ3v) is 11.0. The van der Waals surface area contributed by atoms with Gasteiger partial charge in [-0.25, -0.2) is 8.78 Å². The van der Waals surface area contributed by atoms with E-state index in [-0.39, 0.29) is 41.5 Å². The van der Waals surface area contributed by atoms with Gasteiger partial charge < -0.3 is 24.8 Å². The van der Waals surface area contributed by atoms with Crippen LogP contribution in [-0.2, 0) is 6.42 Å². The van der Waals surface area contributed by atoms with Gasteiger partial charge in [0.2, 0.25) is 0 Å². The zero-order valence-electron chi connectivity index (χ0n) is 25.4.